The first-order valence-corrected chi connectivity index (χ1v) is 11.3. The van der Waals surface area contributed by atoms with E-state index in [9.17, 15) is 8.42 Å². The molecule has 0 aliphatic rings. The zero-order chi connectivity index (χ0) is 21.7. The summed E-state index contributed by atoms with van der Waals surface area (Å²) >= 11 is 5.94. The molecule has 10 heteroatoms. The molecule has 0 bridgehead atoms. The molecule has 4 aromatic rings. The SMILES string of the molecule is O=S(=O)(c1ccc(Cl)cc1)N(CCc1cccnc1)Cc1ccc(-c2nnn[nH]2)cc1. The van der Waals surface area contributed by atoms with Crippen LogP contribution in [0.15, 0.2) is 78.0 Å². The van der Waals surface area contributed by atoms with E-state index in [0.717, 1.165) is 16.7 Å². The predicted molar refractivity (Wildman–Crippen MR) is 117 cm³/mol. The van der Waals surface area contributed by atoms with Gasteiger partial charge in [-0.15, -0.1) is 5.10 Å². The average Bonchev–Trinajstić information content (AvgIpc) is 3.33. The van der Waals surface area contributed by atoms with E-state index in [2.05, 4.69) is 25.6 Å². The largest absolute Gasteiger partial charge is 0.264 e. The van der Waals surface area contributed by atoms with Crippen molar-refractivity contribution in [2.24, 2.45) is 0 Å². The Kier molecular flexibility index (Phi) is 6.36. The molecule has 0 radical (unpaired) electrons. The monoisotopic (exact) mass is 454 g/mol. The second kappa shape index (κ2) is 9.34. The molecule has 8 nitrogen and oxygen atoms in total. The molecule has 0 spiro atoms. The lowest BCUT2D eigenvalue weighted by Gasteiger charge is -2.22. The van der Waals surface area contributed by atoms with Crippen molar-refractivity contribution in [2.45, 2.75) is 17.9 Å². The van der Waals surface area contributed by atoms with Crippen LogP contribution in [-0.4, -0.2) is 44.9 Å². The van der Waals surface area contributed by atoms with Crippen molar-refractivity contribution < 1.29 is 8.42 Å². The molecule has 2 aromatic heterocycles. The van der Waals surface area contributed by atoms with E-state index in [0.29, 0.717) is 23.8 Å². The Morgan fingerprint density at radius 1 is 0.968 bits per heavy atom. The van der Waals surface area contributed by atoms with Crippen LogP contribution in [-0.2, 0) is 23.0 Å². The molecule has 2 aromatic carbocycles. The highest BCUT2D eigenvalue weighted by Crippen LogP contribution is 2.22. The van der Waals surface area contributed by atoms with E-state index in [1.165, 1.54) is 16.4 Å². The second-order valence-electron chi connectivity index (χ2n) is 6.85. The third-order valence-electron chi connectivity index (χ3n) is 4.76. The molecule has 2 heterocycles. The molecular weight excluding hydrogens is 436 g/mol. The fourth-order valence-corrected chi connectivity index (χ4v) is 4.65. The molecule has 158 valence electrons. The fraction of sp³-hybridized carbons (Fsp3) is 0.143. The number of nitrogens with zero attached hydrogens (tertiary/aromatic N) is 5. The van der Waals surface area contributed by atoms with Crippen molar-refractivity contribution in [1.82, 2.24) is 29.9 Å². The van der Waals surface area contributed by atoms with Gasteiger partial charge in [0, 0.05) is 36.1 Å². The highest BCUT2D eigenvalue weighted by Gasteiger charge is 2.24. The minimum atomic E-state index is -3.72. The molecule has 31 heavy (non-hydrogen) atoms. The molecule has 1 N–H and O–H groups in total. The molecule has 0 fully saturated rings. The number of nitrogens with one attached hydrogen (secondary N) is 1. The van der Waals surface area contributed by atoms with Crippen LogP contribution in [0.25, 0.3) is 11.4 Å². The summed E-state index contributed by atoms with van der Waals surface area (Å²) in [4.78, 5) is 4.31. The minimum Gasteiger partial charge on any atom is -0.264 e. The molecule has 0 aliphatic heterocycles. The van der Waals surface area contributed by atoms with Crippen LogP contribution in [0.5, 0.6) is 0 Å². The van der Waals surface area contributed by atoms with Gasteiger partial charge in [0.05, 0.1) is 4.90 Å². The molecular formula is C21H19ClN6O2S. The third kappa shape index (κ3) is 5.13. The maximum atomic E-state index is 13.4. The summed E-state index contributed by atoms with van der Waals surface area (Å²) in [5.74, 6) is 0.550. The van der Waals surface area contributed by atoms with Crippen LogP contribution >= 0.6 is 11.6 Å². The summed E-state index contributed by atoms with van der Waals surface area (Å²) in [6.07, 6.45) is 3.98. The Morgan fingerprint density at radius 3 is 2.39 bits per heavy atom. The van der Waals surface area contributed by atoms with Crippen molar-refractivity contribution in [3.8, 4) is 11.4 Å². The van der Waals surface area contributed by atoms with E-state index < -0.39 is 10.0 Å². The van der Waals surface area contributed by atoms with E-state index in [1.54, 1.807) is 24.5 Å². The zero-order valence-corrected chi connectivity index (χ0v) is 18.0. The van der Waals surface area contributed by atoms with Crippen LogP contribution in [0, 0.1) is 0 Å². The number of H-pyrrole nitrogens is 1. The Morgan fingerprint density at radius 2 is 1.74 bits per heavy atom. The molecule has 4 rings (SSSR count). The lowest BCUT2D eigenvalue weighted by Crippen LogP contribution is -2.32. The molecule has 0 aliphatic carbocycles. The zero-order valence-electron chi connectivity index (χ0n) is 16.4. The third-order valence-corrected chi connectivity index (χ3v) is 6.87. The number of pyridine rings is 1. The summed E-state index contributed by atoms with van der Waals surface area (Å²) in [6.45, 7) is 0.532. The maximum absolute atomic E-state index is 13.4. The second-order valence-corrected chi connectivity index (χ2v) is 9.22. The molecule has 0 amide bonds. The fourth-order valence-electron chi connectivity index (χ4n) is 3.09. The van der Waals surface area contributed by atoms with Crippen molar-refractivity contribution >= 4 is 21.6 Å². The first kappa shape index (κ1) is 21.1. The van der Waals surface area contributed by atoms with Gasteiger partial charge in [0.1, 0.15) is 0 Å². The number of halogens is 1. The number of aromatic amines is 1. The number of tetrazole rings is 1. The maximum Gasteiger partial charge on any atom is 0.243 e. The summed E-state index contributed by atoms with van der Waals surface area (Å²) in [5, 5.41) is 14.2. The van der Waals surface area contributed by atoms with E-state index in [4.69, 9.17) is 11.6 Å². The van der Waals surface area contributed by atoms with E-state index >= 15 is 0 Å². The van der Waals surface area contributed by atoms with Gasteiger partial charge in [0.25, 0.3) is 0 Å². The summed E-state index contributed by atoms with van der Waals surface area (Å²) in [7, 11) is -3.72. The van der Waals surface area contributed by atoms with Gasteiger partial charge in [0.2, 0.25) is 10.0 Å². The van der Waals surface area contributed by atoms with Gasteiger partial charge < -0.3 is 0 Å². The van der Waals surface area contributed by atoms with Crippen molar-refractivity contribution in [2.75, 3.05) is 6.54 Å². The smallest absolute Gasteiger partial charge is 0.243 e. The normalized spacial score (nSPS) is 11.7. The number of benzene rings is 2. The molecule has 0 unspecified atom stereocenters. The Hall–Kier alpha value is -3.14. The minimum absolute atomic E-state index is 0.201. The number of hydrogen-bond donors (Lipinski definition) is 1. The van der Waals surface area contributed by atoms with Crippen LogP contribution in [0.4, 0.5) is 0 Å². The van der Waals surface area contributed by atoms with Crippen molar-refractivity contribution in [3.05, 3.63) is 89.2 Å². The standard InChI is InChI=1S/C21H19ClN6O2S/c22-19-7-9-20(10-8-19)31(29,30)28(13-11-16-2-1-12-23-14-16)15-17-3-5-18(6-4-17)21-24-26-27-25-21/h1-10,12,14H,11,13,15H2,(H,24,25,26,27). The lowest BCUT2D eigenvalue weighted by molar-refractivity contribution is 0.409. The number of sulfonamides is 1. The number of hydrogen-bond acceptors (Lipinski definition) is 6. The van der Waals surface area contributed by atoms with Crippen LogP contribution in [0.1, 0.15) is 11.1 Å². The van der Waals surface area contributed by atoms with Crippen molar-refractivity contribution in [3.63, 3.8) is 0 Å². The highest BCUT2D eigenvalue weighted by molar-refractivity contribution is 7.89. The molecule has 0 saturated carbocycles. The van der Waals surface area contributed by atoms with Crippen molar-refractivity contribution in [1.29, 1.82) is 0 Å². The number of aromatic nitrogens is 5. The first-order chi connectivity index (χ1) is 15.0. The van der Waals surface area contributed by atoms with Gasteiger partial charge in [-0.3, -0.25) is 4.98 Å². The molecule has 0 atom stereocenters. The first-order valence-electron chi connectivity index (χ1n) is 9.50. The predicted octanol–water partition coefficient (Wildman–Crippen LogP) is 3.35. The van der Waals surface area contributed by atoms with Gasteiger partial charge in [-0.25, -0.2) is 13.5 Å². The van der Waals surface area contributed by atoms with Gasteiger partial charge in [-0.2, -0.15) is 4.31 Å². The summed E-state index contributed by atoms with van der Waals surface area (Å²) in [5.41, 5.74) is 2.63. The molecule has 0 saturated heterocycles. The van der Waals surface area contributed by atoms with Gasteiger partial charge >= 0.3 is 0 Å². The topological polar surface area (TPSA) is 105 Å². The number of rotatable bonds is 8. The summed E-state index contributed by atoms with van der Waals surface area (Å²) < 4.78 is 28.2. The average molecular weight is 455 g/mol. The van der Waals surface area contributed by atoms with Gasteiger partial charge in [-0.05, 0) is 58.3 Å². The van der Waals surface area contributed by atoms with Gasteiger partial charge in [0.15, 0.2) is 5.82 Å². The summed E-state index contributed by atoms with van der Waals surface area (Å²) in [6, 6.07) is 17.4. The van der Waals surface area contributed by atoms with E-state index in [-0.39, 0.29) is 11.4 Å². The Bertz CT molecular complexity index is 1220. The Labute approximate surface area is 185 Å². The van der Waals surface area contributed by atoms with Crippen LogP contribution < -0.4 is 0 Å². The van der Waals surface area contributed by atoms with Crippen LogP contribution in [0.3, 0.4) is 0 Å². The lowest BCUT2D eigenvalue weighted by atomic mass is 10.1. The highest BCUT2D eigenvalue weighted by atomic mass is 35.5. The Balaban J connectivity index is 1.59. The quantitative estimate of drug-likeness (QED) is 0.437. The van der Waals surface area contributed by atoms with Crippen LogP contribution in [0.2, 0.25) is 5.02 Å². The van der Waals surface area contributed by atoms with E-state index in [1.807, 2.05) is 36.4 Å². The van der Waals surface area contributed by atoms with Gasteiger partial charge in [-0.1, -0.05) is 41.9 Å².